The first-order valence-electron chi connectivity index (χ1n) is 2.66. The molecule has 0 atom stereocenters. The molecule has 0 fully saturated rings. The first kappa shape index (κ1) is 5.95. The summed E-state index contributed by atoms with van der Waals surface area (Å²) >= 11 is 0. The summed E-state index contributed by atoms with van der Waals surface area (Å²) in [4.78, 5) is 0. The van der Waals surface area contributed by atoms with Crippen molar-refractivity contribution in [2.75, 3.05) is 7.11 Å². The average Bonchev–Trinajstić information content (AvgIpc) is 1.89. The highest BCUT2D eigenvalue weighted by Crippen LogP contribution is 2.22. The Labute approximate surface area is 55.2 Å². The van der Waals surface area contributed by atoms with E-state index in [1.54, 1.807) is 24.3 Å². The lowest BCUT2D eigenvalue weighted by molar-refractivity contribution is 0.373. The first-order chi connectivity index (χ1) is 4.34. The number of methoxy groups -OCH3 is 1. The molecular formula is C7H9O2+. The normalized spacial score (nSPS) is 9.00. The predicted molar refractivity (Wildman–Crippen MR) is 35.8 cm³/mol. The van der Waals surface area contributed by atoms with Gasteiger partial charge in [0.2, 0.25) is 0 Å². The molecule has 0 spiro atoms. The number of phenols is 1. The molecule has 0 radical (unpaired) electrons. The van der Waals surface area contributed by atoms with E-state index in [9.17, 15) is 0 Å². The van der Waals surface area contributed by atoms with Gasteiger partial charge in [0, 0.05) is 0 Å². The van der Waals surface area contributed by atoms with Crippen molar-refractivity contribution < 1.29 is 11.3 Å². The van der Waals surface area contributed by atoms with Crippen LogP contribution in [0.5, 0.6) is 11.5 Å². The minimum Gasteiger partial charge on any atom is -0.504 e. The molecule has 1 rings (SSSR count). The summed E-state index contributed by atoms with van der Waals surface area (Å²) in [7, 11) is 1.52. The molecule has 2 nitrogen and oxygen atoms in total. The maximum Gasteiger partial charge on any atom is 1.00 e. The number of para-hydroxylation sites is 2. The summed E-state index contributed by atoms with van der Waals surface area (Å²) < 4.78 is 4.79. The van der Waals surface area contributed by atoms with Gasteiger partial charge in [0.05, 0.1) is 7.11 Å². The Bertz CT molecular complexity index is 201. The highest BCUT2D eigenvalue weighted by atomic mass is 16.5. The second-order valence-corrected chi connectivity index (χ2v) is 1.67. The molecule has 48 valence electrons. The summed E-state index contributed by atoms with van der Waals surface area (Å²) in [6, 6.07) is 6.84. The summed E-state index contributed by atoms with van der Waals surface area (Å²) in [5.41, 5.74) is 0. The van der Waals surface area contributed by atoms with Crippen LogP contribution in [0, 0.1) is 0 Å². The Balaban J connectivity index is 0.000000810. The van der Waals surface area contributed by atoms with Crippen molar-refractivity contribution >= 4 is 0 Å². The summed E-state index contributed by atoms with van der Waals surface area (Å²) in [6.45, 7) is 0. The molecule has 0 saturated heterocycles. The molecule has 0 unspecified atom stereocenters. The molecule has 1 N–H and O–H groups in total. The molecule has 2 heteroatoms. The quantitative estimate of drug-likeness (QED) is 0.616. The first-order valence-corrected chi connectivity index (χ1v) is 2.66. The minimum absolute atomic E-state index is 0. The number of benzene rings is 1. The second-order valence-electron chi connectivity index (χ2n) is 1.67. The van der Waals surface area contributed by atoms with Gasteiger partial charge in [-0.25, -0.2) is 0 Å². The van der Waals surface area contributed by atoms with Crippen LogP contribution in [0.1, 0.15) is 1.43 Å². The monoisotopic (exact) mass is 125 g/mol. The van der Waals surface area contributed by atoms with Crippen LogP contribution in [0.3, 0.4) is 0 Å². The number of hydrogen-bond acceptors (Lipinski definition) is 2. The van der Waals surface area contributed by atoms with Gasteiger partial charge in [-0.05, 0) is 12.1 Å². The van der Waals surface area contributed by atoms with Crippen molar-refractivity contribution in [1.82, 2.24) is 0 Å². The molecule has 1 aromatic carbocycles. The molecule has 0 aliphatic heterocycles. The van der Waals surface area contributed by atoms with Crippen molar-refractivity contribution in [3.05, 3.63) is 24.3 Å². The van der Waals surface area contributed by atoms with Crippen LogP contribution in [0.4, 0.5) is 0 Å². The molecule has 1 aromatic rings. The van der Waals surface area contributed by atoms with Crippen LogP contribution in [0.25, 0.3) is 0 Å². The molecule has 0 amide bonds. The lowest BCUT2D eigenvalue weighted by Crippen LogP contribution is -1.80. The van der Waals surface area contributed by atoms with Crippen LogP contribution in [-0.2, 0) is 0 Å². The van der Waals surface area contributed by atoms with E-state index in [1.807, 2.05) is 0 Å². The van der Waals surface area contributed by atoms with E-state index in [0.29, 0.717) is 5.75 Å². The molecule has 0 aliphatic carbocycles. The molecule has 0 aromatic heterocycles. The van der Waals surface area contributed by atoms with E-state index in [1.165, 1.54) is 7.11 Å². The van der Waals surface area contributed by atoms with E-state index >= 15 is 0 Å². The highest BCUT2D eigenvalue weighted by Gasteiger charge is 1.94. The third kappa shape index (κ3) is 1.13. The summed E-state index contributed by atoms with van der Waals surface area (Å²) in [5, 5.41) is 8.99. The number of phenolic OH excluding ortho intramolecular Hbond substituents is 1. The van der Waals surface area contributed by atoms with E-state index in [-0.39, 0.29) is 7.18 Å². The van der Waals surface area contributed by atoms with Crippen LogP contribution >= 0.6 is 0 Å². The van der Waals surface area contributed by atoms with E-state index in [0.717, 1.165) is 0 Å². The Morgan fingerprint density at radius 2 is 2.11 bits per heavy atom. The van der Waals surface area contributed by atoms with Crippen molar-refractivity contribution in [2.45, 2.75) is 0 Å². The maximum atomic E-state index is 8.99. The Hall–Kier alpha value is -1.18. The zero-order chi connectivity index (χ0) is 6.69. The van der Waals surface area contributed by atoms with Crippen molar-refractivity contribution in [1.29, 1.82) is 0 Å². The summed E-state index contributed by atoms with van der Waals surface area (Å²) in [5.74, 6) is 0.692. The number of hydrogen-bond donors (Lipinski definition) is 1. The second kappa shape index (κ2) is 2.40. The van der Waals surface area contributed by atoms with Gasteiger partial charge in [-0.2, -0.15) is 0 Å². The van der Waals surface area contributed by atoms with Gasteiger partial charge in [-0.15, -0.1) is 0 Å². The SMILES string of the molecule is COc1ccccc1O.[H+]. The van der Waals surface area contributed by atoms with E-state index in [4.69, 9.17) is 9.84 Å². The predicted octanol–water partition coefficient (Wildman–Crippen LogP) is 1.51. The van der Waals surface area contributed by atoms with Crippen LogP contribution in [-0.4, -0.2) is 12.2 Å². The molecule has 0 heterocycles. The minimum atomic E-state index is 0. The van der Waals surface area contributed by atoms with Crippen LogP contribution in [0.2, 0.25) is 0 Å². The van der Waals surface area contributed by atoms with Crippen molar-refractivity contribution in [3.8, 4) is 11.5 Å². The smallest absolute Gasteiger partial charge is 0.504 e. The van der Waals surface area contributed by atoms with Gasteiger partial charge in [0.1, 0.15) is 0 Å². The van der Waals surface area contributed by atoms with Crippen LogP contribution in [0.15, 0.2) is 24.3 Å². The third-order valence-electron chi connectivity index (χ3n) is 1.09. The van der Waals surface area contributed by atoms with Crippen molar-refractivity contribution in [2.24, 2.45) is 0 Å². The fraction of sp³-hybridized carbons (Fsp3) is 0.143. The number of rotatable bonds is 1. The Kier molecular flexibility index (Phi) is 1.58. The molecule has 0 aliphatic rings. The van der Waals surface area contributed by atoms with E-state index in [2.05, 4.69) is 0 Å². The molecular weight excluding hydrogens is 116 g/mol. The summed E-state index contributed by atoms with van der Waals surface area (Å²) in [6.07, 6.45) is 0. The van der Waals surface area contributed by atoms with E-state index < -0.39 is 0 Å². The van der Waals surface area contributed by atoms with Crippen molar-refractivity contribution in [3.63, 3.8) is 0 Å². The zero-order valence-electron chi connectivity index (χ0n) is 6.16. The van der Waals surface area contributed by atoms with Gasteiger partial charge in [-0.1, -0.05) is 12.1 Å². The lowest BCUT2D eigenvalue weighted by atomic mass is 10.3. The van der Waals surface area contributed by atoms with Gasteiger partial charge >= 0.3 is 1.43 Å². The third-order valence-corrected chi connectivity index (χ3v) is 1.09. The highest BCUT2D eigenvalue weighted by molar-refractivity contribution is 5.37. The number of aromatic hydroxyl groups is 1. The molecule has 9 heavy (non-hydrogen) atoms. The Morgan fingerprint density at radius 3 is 2.56 bits per heavy atom. The average molecular weight is 125 g/mol. The fourth-order valence-electron chi connectivity index (χ4n) is 0.630. The lowest BCUT2D eigenvalue weighted by Gasteiger charge is -1.99. The number of ether oxygens (including phenoxy) is 1. The Morgan fingerprint density at radius 1 is 1.44 bits per heavy atom. The molecule has 0 bridgehead atoms. The van der Waals surface area contributed by atoms with Gasteiger partial charge < -0.3 is 9.84 Å². The molecule has 0 saturated carbocycles. The fourth-order valence-corrected chi connectivity index (χ4v) is 0.630. The van der Waals surface area contributed by atoms with Gasteiger partial charge in [0.25, 0.3) is 0 Å². The van der Waals surface area contributed by atoms with Crippen LogP contribution < -0.4 is 4.74 Å². The maximum absolute atomic E-state index is 8.99. The standard InChI is InChI=1S/C7H8O2/c1-9-7-5-3-2-4-6(7)8/h2-5,8H,1H3/p+1. The van der Waals surface area contributed by atoms with Gasteiger partial charge in [-0.3, -0.25) is 0 Å². The van der Waals surface area contributed by atoms with Gasteiger partial charge in [0.15, 0.2) is 11.5 Å². The topological polar surface area (TPSA) is 29.5 Å². The zero-order valence-corrected chi connectivity index (χ0v) is 5.16. The largest absolute Gasteiger partial charge is 1.00 e.